The Bertz CT molecular complexity index is 1280. The standard InChI is InChI=1S/C65H125NO10/c1-3-5-7-9-11-13-15-17-19-20-21-22-23-24-25-26-27-28-29-30-31-32-33-34-35-36-37-39-41-43-45-47-49-51-53-58(69)64(74)66-56(55-75-65-63(73)62(72)61(71)59(54-67)76-65)60(70)57(68)52-50-48-46-44-42-40-38-18-16-14-12-10-8-6-4-2/h18,38,44,46,56-63,65,67-73H,3-17,19-37,39-43,45,47-55H2,1-2H3,(H,66,74)/b38-18+,46-44+. The lowest BCUT2D eigenvalue weighted by Crippen LogP contribution is -2.60. The zero-order valence-corrected chi connectivity index (χ0v) is 49.5. The molecule has 1 aliphatic heterocycles. The van der Waals surface area contributed by atoms with E-state index in [0.29, 0.717) is 19.3 Å². The number of nitrogens with one attached hydrogen (secondary N) is 1. The van der Waals surface area contributed by atoms with Crippen molar-refractivity contribution < 1.29 is 50.0 Å². The summed E-state index contributed by atoms with van der Waals surface area (Å²) in [7, 11) is 0. The van der Waals surface area contributed by atoms with Crippen LogP contribution in [0.4, 0.5) is 0 Å². The number of amides is 1. The van der Waals surface area contributed by atoms with Gasteiger partial charge in [-0.2, -0.15) is 0 Å². The fourth-order valence-electron chi connectivity index (χ4n) is 10.7. The molecule has 450 valence electrons. The van der Waals surface area contributed by atoms with E-state index in [9.17, 15) is 40.5 Å². The van der Waals surface area contributed by atoms with Crippen LogP contribution in [0.3, 0.4) is 0 Å². The topological polar surface area (TPSA) is 189 Å². The normalized spacial score (nSPS) is 19.7. The monoisotopic (exact) mass is 1080 g/mol. The smallest absolute Gasteiger partial charge is 0.249 e. The molecular weight excluding hydrogens is 955 g/mol. The Kier molecular flexibility index (Phi) is 51.8. The van der Waals surface area contributed by atoms with Gasteiger partial charge in [0.15, 0.2) is 6.29 Å². The van der Waals surface area contributed by atoms with Gasteiger partial charge >= 0.3 is 0 Å². The lowest BCUT2D eigenvalue weighted by atomic mass is 9.98. The molecule has 0 aromatic heterocycles. The first-order valence-electron chi connectivity index (χ1n) is 32.7. The number of carbonyl (C=O) groups is 1. The summed E-state index contributed by atoms with van der Waals surface area (Å²) in [6.07, 6.45) is 55.6. The zero-order valence-electron chi connectivity index (χ0n) is 49.5. The van der Waals surface area contributed by atoms with Gasteiger partial charge in [-0.15, -0.1) is 0 Å². The maximum atomic E-state index is 13.2. The molecule has 0 aromatic carbocycles. The Morgan fingerprint density at radius 3 is 1.17 bits per heavy atom. The zero-order chi connectivity index (χ0) is 55.4. The fourth-order valence-corrected chi connectivity index (χ4v) is 10.7. The van der Waals surface area contributed by atoms with Crippen LogP contribution < -0.4 is 5.32 Å². The third-order valence-corrected chi connectivity index (χ3v) is 16.0. The predicted octanol–water partition coefficient (Wildman–Crippen LogP) is 14.9. The first-order chi connectivity index (χ1) is 37.2. The average Bonchev–Trinajstić information content (AvgIpc) is 3.42. The van der Waals surface area contributed by atoms with Crippen molar-refractivity contribution in [1.82, 2.24) is 5.32 Å². The Hall–Kier alpha value is -1.41. The van der Waals surface area contributed by atoms with Gasteiger partial charge in [-0.25, -0.2) is 0 Å². The molecule has 0 saturated carbocycles. The van der Waals surface area contributed by atoms with E-state index in [2.05, 4.69) is 43.5 Å². The van der Waals surface area contributed by atoms with Gasteiger partial charge in [0.25, 0.3) is 0 Å². The van der Waals surface area contributed by atoms with Crippen molar-refractivity contribution in [2.45, 2.75) is 371 Å². The first-order valence-corrected chi connectivity index (χ1v) is 32.7. The molecule has 1 rings (SSSR count). The lowest BCUT2D eigenvalue weighted by molar-refractivity contribution is -0.303. The highest BCUT2D eigenvalue weighted by molar-refractivity contribution is 5.80. The highest BCUT2D eigenvalue weighted by atomic mass is 16.7. The van der Waals surface area contributed by atoms with Crippen molar-refractivity contribution in [3.63, 3.8) is 0 Å². The second kappa shape index (κ2) is 54.2. The summed E-state index contributed by atoms with van der Waals surface area (Å²) in [4.78, 5) is 13.2. The van der Waals surface area contributed by atoms with E-state index in [4.69, 9.17) is 9.47 Å². The molecule has 0 bridgehead atoms. The predicted molar refractivity (Wildman–Crippen MR) is 316 cm³/mol. The van der Waals surface area contributed by atoms with Gasteiger partial charge in [0.05, 0.1) is 25.4 Å². The minimum absolute atomic E-state index is 0.248. The van der Waals surface area contributed by atoms with E-state index in [0.717, 1.165) is 38.5 Å². The van der Waals surface area contributed by atoms with Crippen LogP contribution in [0.25, 0.3) is 0 Å². The quantitative estimate of drug-likeness (QED) is 0.0215. The molecule has 1 fully saturated rings. The van der Waals surface area contributed by atoms with Gasteiger partial charge in [-0.3, -0.25) is 4.79 Å². The highest BCUT2D eigenvalue weighted by Crippen LogP contribution is 2.24. The number of carbonyl (C=O) groups excluding carboxylic acids is 1. The SMILES string of the molecule is CCCCCCCC/C=C/CC/C=C/CCCC(O)C(O)C(COC1OC(CO)C(O)C(O)C1O)NC(=O)C(O)CCCCCCCCCCCCCCCCCCCCCCCCCCCCCCCCCCCC. The van der Waals surface area contributed by atoms with Crippen LogP contribution in [-0.2, 0) is 14.3 Å². The van der Waals surface area contributed by atoms with E-state index >= 15 is 0 Å². The van der Waals surface area contributed by atoms with E-state index in [-0.39, 0.29) is 12.8 Å². The molecule has 1 aliphatic rings. The van der Waals surface area contributed by atoms with Gasteiger partial charge in [0, 0.05) is 0 Å². The third-order valence-electron chi connectivity index (χ3n) is 16.0. The minimum Gasteiger partial charge on any atom is -0.394 e. The fraction of sp³-hybridized carbons (Fsp3) is 0.923. The summed E-state index contributed by atoms with van der Waals surface area (Å²) >= 11 is 0. The molecule has 0 aliphatic carbocycles. The van der Waals surface area contributed by atoms with Crippen LogP contribution in [0, 0.1) is 0 Å². The second-order valence-electron chi connectivity index (χ2n) is 23.2. The summed E-state index contributed by atoms with van der Waals surface area (Å²) in [6.45, 7) is 3.46. The molecule has 1 saturated heterocycles. The Morgan fingerprint density at radius 2 is 0.789 bits per heavy atom. The molecule has 0 spiro atoms. The van der Waals surface area contributed by atoms with Crippen LogP contribution in [0.1, 0.15) is 316 Å². The van der Waals surface area contributed by atoms with Crippen LogP contribution in [0.15, 0.2) is 24.3 Å². The van der Waals surface area contributed by atoms with Crippen molar-refractivity contribution >= 4 is 5.91 Å². The van der Waals surface area contributed by atoms with Crippen LogP contribution >= 0.6 is 0 Å². The first kappa shape index (κ1) is 72.6. The summed E-state index contributed by atoms with van der Waals surface area (Å²) in [5.41, 5.74) is 0. The average molecular weight is 1080 g/mol. The van der Waals surface area contributed by atoms with E-state index < -0.39 is 74.2 Å². The number of aliphatic hydroxyl groups excluding tert-OH is 7. The minimum atomic E-state index is -1.67. The van der Waals surface area contributed by atoms with Crippen LogP contribution in [0.5, 0.6) is 0 Å². The second-order valence-corrected chi connectivity index (χ2v) is 23.2. The number of ether oxygens (including phenoxy) is 2. The van der Waals surface area contributed by atoms with E-state index in [1.165, 1.54) is 231 Å². The maximum absolute atomic E-state index is 13.2. The molecule has 11 heteroatoms. The van der Waals surface area contributed by atoms with E-state index in [1.54, 1.807) is 0 Å². The molecule has 0 radical (unpaired) electrons. The molecule has 9 unspecified atom stereocenters. The third kappa shape index (κ3) is 41.6. The molecular formula is C65H125NO10. The van der Waals surface area contributed by atoms with Crippen molar-refractivity contribution in [2.24, 2.45) is 0 Å². The number of allylic oxidation sites excluding steroid dienone is 4. The summed E-state index contributed by atoms with van der Waals surface area (Å²) < 4.78 is 11.1. The van der Waals surface area contributed by atoms with Crippen molar-refractivity contribution in [3.05, 3.63) is 24.3 Å². The largest absolute Gasteiger partial charge is 0.394 e. The highest BCUT2D eigenvalue weighted by Gasteiger charge is 2.44. The number of rotatable bonds is 57. The number of hydrogen-bond donors (Lipinski definition) is 8. The van der Waals surface area contributed by atoms with Gasteiger partial charge in [-0.05, 0) is 51.4 Å². The summed E-state index contributed by atoms with van der Waals surface area (Å²) in [5, 5.41) is 76.1. The van der Waals surface area contributed by atoms with Crippen molar-refractivity contribution in [1.29, 1.82) is 0 Å². The number of aliphatic hydroxyl groups is 7. The molecule has 0 aromatic rings. The molecule has 1 heterocycles. The van der Waals surface area contributed by atoms with Gasteiger partial charge in [-0.1, -0.05) is 289 Å². The van der Waals surface area contributed by atoms with Crippen molar-refractivity contribution in [3.8, 4) is 0 Å². The van der Waals surface area contributed by atoms with Gasteiger partial charge in [0.1, 0.15) is 36.6 Å². The molecule has 11 nitrogen and oxygen atoms in total. The Morgan fingerprint density at radius 1 is 0.447 bits per heavy atom. The van der Waals surface area contributed by atoms with Gasteiger partial charge < -0.3 is 50.5 Å². The van der Waals surface area contributed by atoms with Crippen LogP contribution in [0.2, 0.25) is 0 Å². The molecule has 9 atom stereocenters. The maximum Gasteiger partial charge on any atom is 0.249 e. The van der Waals surface area contributed by atoms with Gasteiger partial charge in [0.2, 0.25) is 5.91 Å². The van der Waals surface area contributed by atoms with Crippen molar-refractivity contribution in [2.75, 3.05) is 13.2 Å². The molecule has 1 amide bonds. The van der Waals surface area contributed by atoms with E-state index in [1.807, 2.05) is 0 Å². The summed E-state index contributed by atoms with van der Waals surface area (Å²) in [6, 6.07) is -1.19. The van der Waals surface area contributed by atoms with Crippen LogP contribution in [-0.4, -0.2) is 110 Å². The number of unbranched alkanes of at least 4 members (excludes halogenated alkanes) is 41. The Balaban J connectivity index is 2.16. The Labute approximate surface area is 467 Å². The summed E-state index contributed by atoms with van der Waals surface area (Å²) in [5.74, 6) is -0.705. The molecule has 8 N–H and O–H groups in total. The molecule has 76 heavy (non-hydrogen) atoms. The lowest BCUT2D eigenvalue weighted by Gasteiger charge is -2.40. The number of hydrogen-bond acceptors (Lipinski definition) is 10.